The van der Waals surface area contributed by atoms with Crippen molar-refractivity contribution in [2.45, 2.75) is 13.0 Å². The average Bonchev–Trinajstić information content (AvgIpc) is 2.87. The standard InChI is InChI=1S/C13H14ClN3O2/c14-12-8-10(15)2-3-11(12)13(18)19-7-1-5-17-6-4-16-9-17/h2-4,6,8-9H,1,5,7,15H2. The van der Waals surface area contributed by atoms with E-state index in [1.807, 2.05) is 10.8 Å². The highest BCUT2D eigenvalue weighted by Gasteiger charge is 2.11. The molecule has 0 spiro atoms. The molecule has 0 amide bonds. The van der Waals surface area contributed by atoms with Crippen LogP contribution in [0.4, 0.5) is 5.69 Å². The van der Waals surface area contributed by atoms with E-state index >= 15 is 0 Å². The van der Waals surface area contributed by atoms with Gasteiger partial charge in [0.05, 0.1) is 23.5 Å². The number of nitrogens with zero attached hydrogens (tertiary/aromatic N) is 2. The molecule has 0 saturated heterocycles. The molecule has 5 nitrogen and oxygen atoms in total. The van der Waals surface area contributed by atoms with Crippen LogP contribution in [0.15, 0.2) is 36.9 Å². The Bertz CT molecular complexity index is 555. The van der Waals surface area contributed by atoms with E-state index in [-0.39, 0.29) is 0 Å². The monoisotopic (exact) mass is 279 g/mol. The lowest BCUT2D eigenvalue weighted by molar-refractivity contribution is 0.0496. The molecule has 2 N–H and O–H groups in total. The number of aryl methyl sites for hydroxylation is 1. The van der Waals surface area contributed by atoms with Gasteiger partial charge in [0.1, 0.15) is 0 Å². The van der Waals surface area contributed by atoms with E-state index in [0.717, 1.165) is 6.54 Å². The maximum Gasteiger partial charge on any atom is 0.339 e. The molecule has 1 aromatic heterocycles. The van der Waals surface area contributed by atoms with Crippen molar-refractivity contribution in [3.63, 3.8) is 0 Å². The number of imidazole rings is 1. The van der Waals surface area contributed by atoms with Crippen LogP contribution in [0.2, 0.25) is 5.02 Å². The second-order valence-electron chi connectivity index (χ2n) is 4.03. The number of halogens is 1. The first-order valence-corrected chi connectivity index (χ1v) is 6.22. The number of benzene rings is 1. The van der Waals surface area contributed by atoms with E-state index in [9.17, 15) is 4.79 Å². The van der Waals surface area contributed by atoms with E-state index in [2.05, 4.69) is 4.98 Å². The number of carbonyl (C=O) groups excluding carboxylic acids is 1. The second-order valence-corrected chi connectivity index (χ2v) is 4.44. The van der Waals surface area contributed by atoms with Gasteiger partial charge in [-0.25, -0.2) is 9.78 Å². The largest absolute Gasteiger partial charge is 0.462 e. The SMILES string of the molecule is Nc1ccc(C(=O)OCCCn2ccnc2)c(Cl)c1. The number of nitrogens with two attached hydrogens (primary N) is 1. The van der Waals surface area contributed by atoms with Crippen molar-refractivity contribution < 1.29 is 9.53 Å². The van der Waals surface area contributed by atoms with Crippen LogP contribution in [0.1, 0.15) is 16.8 Å². The van der Waals surface area contributed by atoms with Crippen molar-refractivity contribution >= 4 is 23.3 Å². The molecule has 0 atom stereocenters. The number of esters is 1. The lowest BCUT2D eigenvalue weighted by atomic mass is 10.2. The Morgan fingerprint density at radius 1 is 1.47 bits per heavy atom. The number of aromatic nitrogens is 2. The lowest BCUT2D eigenvalue weighted by Crippen LogP contribution is -2.09. The maximum atomic E-state index is 11.8. The summed E-state index contributed by atoms with van der Waals surface area (Å²) in [4.78, 5) is 15.7. The minimum Gasteiger partial charge on any atom is -0.462 e. The quantitative estimate of drug-likeness (QED) is 0.518. The molecule has 100 valence electrons. The zero-order chi connectivity index (χ0) is 13.7. The fraction of sp³-hybridized carbons (Fsp3) is 0.231. The summed E-state index contributed by atoms with van der Waals surface area (Å²) in [5.41, 5.74) is 6.41. The summed E-state index contributed by atoms with van der Waals surface area (Å²) in [7, 11) is 0. The van der Waals surface area contributed by atoms with Crippen LogP contribution >= 0.6 is 11.6 Å². The number of nitrogen functional groups attached to an aromatic ring is 1. The molecule has 1 aromatic carbocycles. The first-order valence-electron chi connectivity index (χ1n) is 5.84. The highest BCUT2D eigenvalue weighted by atomic mass is 35.5. The van der Waals surface area contributed by atoms with Gasteiger partial charge in [-0.15, -0.1) is 0 Å². The van der Waals surface area contributed by atoms with Crippen molar-refractivity contribution in [2.24, 2.45) is 0 Å². The molecule has 0 bridgehead atoms. The normalized spacial score (nSPS) is 10.4. The van der Waals surface area contributed by atoms with Crippen molar-refractivity contribution in [2.75, 3.05) is 12.3 Å². The van der Waals surface area contributed by atoms with Gasteiger partial charge in [-0.1, -0.05) is 11.6 Å². The molecule has 19 heavy (non-hydrogen) atoms. The molecule has 0 aliphatic rings. The predicted molar refractivity (Wildman–Crippen MR) is 73.0 cm³/mol. The highest BCUT2D eigenvalue weighted by Crippen LogP contribution is 2.19. The average molecular weight is 280 g/mol. The van der Waals surface area contributed by atoms with Crippen LogP contribution in [0, 0.1) is 0 Å². The van der Waals surface area contributed by atoms with Crippen molar-refractivity contribution in [3.05, 3.63) is 47.5 Å². The summed E-state index contributed by atoms with van der Waals surface area (Å²) in [6, 6.07) is 4.72. The van der Waals surface area contributed by atoms with Crippen LogP contribution in [0.5, 0.6) is 0 Å². The van der Waals surface area contributed by atoms with Crippen LogP contribution in [0.3, 0.4) is 0 Å². The number of ether oxygens (including phenoxy) is 1. The Balaban J connectivity index is 1.81. The molecule has 0 radical (unpaired) electrons. The minimum atomic E-state index is -0.435. The van der Waals surface area contributed by atoms with Crippen LogP contribution in [-0.2, 0) is 11.3 Å². The molecule has 0 aliphatic heterocycles. The summed E-state index contributed by atoms with van der Waals surface area (Å²) in [5.74, 6) is -0.435. The molecule has 0 saturated carbocycles. The first-order chi connectivity index (χ1) is 9.16. The summed E-state index contributed by atoms with van der Waals surface area (Å²) < 4.78 is 7.07. The van der Waals surface area contributed by atoms with Crippen LogP contribution in [-0.4, -0.2) is 22.1 Å². The minimum absolute atomic E-state index is 0.305. The van der Waals surface area contributed by atoms with Gasteiger partial charge in [-0.3, -0.25) is 0 Å². The molecule has 1 heterocycles. The summed E-state index contributed by atoms with van der Waals surface area (Å²) >= 11 is 5.93. The number of hydrogen-bond acceptors (Lipinski definition) is 4. The zero-order valence-electron chi connectivity index (χ0n) is 10.3. The summed E-state index contributed by atoms with van der Waals surface area (Å²) in [5, 5.41) is 0.305. The second kappa shape index (κ2) is 6.24. The molecule has 0 aliphatic carbocycles. The van der Waals surface area contributed by atoms with Crippen LogP contribution in [0.25, 0.3) is 0 Å². The van der Waals surface area contributed by atoms with E-state index < -0.39 is 5.97 Å². The molecular weight excluding hydrogens is 266 g/mol. The van der Waals surface area contributed by atoms with Crippen molar-refractivity contribution in [1.29, 1.82) is 0 Å². The van der Waals surface area contributed by atoms with E-state index in [4.69, 9.17) is 22.1 Å². The maximum absolute atomic E-state index is 11.8. The lowest BCUT2D eigenvalue weighted by Gasteiger charge is -2.07. The number of carbonyl (C=O) groups is 1. The van der Waals surface area contributed by atoms with Gasteiger partial charge in [0.15, 0.2) is 0 Å². The van der Waals surface area contributed by atoms with Gasteiger partial charge in [-0.2, -0.15) is 0 Å². The van der Waals surface area contributed by atoms with Gasteiger partial charge >= 0.3 is 5.97 Å². The Morgan fingerprint density at radius 2 is 2.32 bits per heavy atom. The first kappa shape index (κ1) is 13.4. The molecular formula is C13H14ClN3O2. The van der Waals surface area contributed by atoms with Crippen LogP contribution < -0.4 is 5.73 Å². The third kappa shape index (κ3) is 3.72. The van der Waals surface area contributed by atoms with E-state index in [1.165, 1.54) is 6.07 Å². The third-order valence-electron chi connectivity index (χ3n) is 2.57. The number of hydrogen-bond donors (Lipinski definition) is 1. The summed E-state index contributed by atoms with van der Waals surface area (Å²) in [6.07, 6.45) is 6.01. The molecule has 0 fully saturated rings. The highest BCUT2D eigenvalue weighted by molar-refractivity contribution is 6.33. The predicted octanol–water partition coefficient (Wildman–Crippen LogP) is 2.37. The Hall–Kier alpha value is -2.01. The van der Waals surface area contributed by atoms with E-state index in [0.29, 0.717) is 29.3 Å². The number of anilines is 1. The summed E-state index contributed by atoms with van der Waals surface area (Å²) in [6.45, 7) is 1.08. The molecule has 2 aromatic rings. The Morgan fingerprint density at radius 3 is 3.00 bits per heavy atom. The van der Waals surface area contributed by atoms with Gasteiger partial charge < -0.3 is 15.0 Å². The molecule has 0 unspecified atom stereocenters. The van der Waals surface area contributed by atoms with Crippen molar-refractivity contribution in [3.8, 4) is 0 Å². The molecule has 6 heteroatoms. The topological polar surface area (TPSA) is 70.1 Å². The Kier molecular flexibility index (Phi) is 4.41. The Labute approximate surface area is 116 Å². The van der Waals surface area contributed by atoms with Crippen molar-refractivity contribution in [1.82, 2.24) is 9.55 Å². The zero-order valence-corrected chi connectivity index (χ0v) is 11.0. The third-order valence-corrected chi connectivity index (χ3v) is 2.88. The van der Waals surface area contributed by atoms with E-state index in [1.54, 1.807) is 24.7 Å². The smallest absolute Gasteiger partial charge is 0.339 e. The fourth-order valence-corrected chi connectivity index (χ4v) is 1.87. The van der Waals surface area contributed by atoms with Gasteiger partial charge in [0.2, 0.25) is 0 Å². The fourth-order valence-electron chi connectivity index (χ4n) is 1.61. The number of rotatable bonds is 5. The van der Waals surface area contributed by atoms with Gasteiger partial charge in [0.25, 0.3) is 0 Å². The van der Waals surface area contributed by atoms with Gasteiger partial charge in [0, 0.05) is 24.6 Å². The molecule has 2 rings (SSSR count). The van der Waals surface area contributed by atoms with Gasteiger partial charge in [-0.05, 0) is 24.6 Å².